The predicted octanol–water partition coefficient (Wildman–Crippen LogP) is 3.16. The van der Waals surface area contributed by atoms with Gasteiger partial charge in [0.1, 0.15) is 5.75 Å². The van der Waals surface area contributed by atoms with Crippen LogP contribution in [0.2, 0.25) is 0 Å². The number of benzene rings is 1. The van der Waals surface area contributed by atoms with E-state index < -0.39 is 5.82 Å². The number of carbonyl (C=O) groups is 1. The molecular formula is C19H20Cl2FN5O2. The van der Waals surface area contributed by atoms with Crippen molar-refractivity contribution in [1.82, 2.24) is 25.8 Å². The molecule has 1 amide bonds. The number of halogens is 3. The Bertz CT molecular complexity index is 968. The van der Waals surface area contributed by atoms with Gasteiger partial charge in [-0.1, -0.05) is 6.07 Å². The summed E-state index contributed by atoms with van der Waals surface area (Å²) in [4.78, 5) is 16.3. The maximum absolute atomic E-state index is 14.3. The molecule has 1 aliphatic rings. The number of nitrogens with one attached hydrogen (secondary N) is 3. The topological polar surface area (TPSA) is 91.9 Å². The van der Waals surface area contributed by atoms with Crippen molar-refractivity contribution < 1.29 is 13.9 Å². The van der Waals surface area contributed by atoms with Gasteiger partial charge < -0.3 is 15.4 Å². The SMILES string of the molecule is Cl.Cl.O=C(NCc1ccc(Oc2cccnc2)c(F)c1)c1n[nH]c2c1CNCC2. The van der Waals surface area contributed by atoms with E-state index in [9.17, 15) is 9.18 Å². The molecule has 0 saturated heterocycles. The summed E-state index contributed by atoms with van der Waals surface area (Å²) in [7, 11) is 0. The molecule has 0 unspecified atom stereocenters. The predicted molar refractivity (Wildman–Crippen MR) is 110 cm³/mol. The number of rotatable bonds is 5. The van der Waals surface area contributed by atoms with E-state index in [1.807, 2.05) is 0 Å². The molecule has 3 heterocycles. The van der Waals surface area contributed by atoms with Gasteiger partial charge in [-0.05, 0) is 29.8 Å². The molecule has 10 heteroatoms. The van der Waals surface area contributed by atoms with Crippen molar-refractivity contribution in [2.45, 2.75) is 19.5 Å². The number of aromatic amines is 1. The molecule has 0 radical (unpaired) electrons. The number of pyridine rings is 1. The van der Waals surface area contributed by atoms with Gasteiger partial charge in [0.15, 0.2) is 17.3 Å². The molecule has 4 rings (SSSR count). The summed E-state index contributed by atoms with van der Waals surface area (Å²) in [6, 6.07) is 7.98. The summed E-state index contributed by atoms with van der Waals surface area (Å²) < 4.78 is 19.7. The van der Waals surface area contributed by atoms with E-state index >= 15 is 0 Å². The molecule has 0 atom stereocenters. The zero-order valence-electron chi connectivity index (χ0n) is 15.3. The van der Waals surface area contributed by atoms with Gasteiger partial charge in [-0.3, -0.25) is 14.9 Å². The number of H-pyrrole nitrogens is 1. The van der Waals surface area contributed by atoms with Crippen LogP contribution < -0.4 is 15.4 Å². The second-order valence-electron chi connectivity index (χ2n) is 6.19. The Labute approximate surface area is 179 Å². The number of carbonyl (C=O) groups excluding carboxylic acids is 1. The first kappa shape index (κ1) is 22.6. The third-order valence-corrected chi connectivity index (χ3v) is 4.33. The quantitative estimate of drug-likeness (QED) is 0.567. The monoisotopic (exact) mass is 439 g/mol. The first-order valence-electron chi connectivity index (χ1n) is 8.62. The molecule has 1 aliphatic heterocycles. The van der Waals surface area contributed by atoms with Crippen molar-refractivity contribution in [2.24, 2.45) is 0 Å². The molecule has 0 saturated carbocycles. The molecule has 0 spiro atoms. The van der Waals surface area contributed by atoms with Crippen LogP contribution in [0.4, 0.5) is 4.39 Å². The highest BCUT2D eigenvalue weighted by Crippen LogP contribution is 2.24. The van der Waals surface area contributed by atoms with Crippen LogP contribution in [-0.2, 0) is 19.5 Å². The largest absolute Gasteiger partial charge is 0.453 e. The van der Waals surface area contributed by atoms with Crippen LogP contribution in [0.25, 0.3) is 0 Å². The van der Waals surface area contributed by atoms with Crippen molar-refractivity contribution in [3.63, 3.8) is 0 Å². The molecule has 0 aliphatic carbocycles. The zero-order valence-corrected chi connectivity index (χ0v) is 16.9. The van der Waals surface area contributed by atoms with Crippen molar-refractivity contribution >= 4 is 30.7 Å². The Balaban J connectivity index is 0.00000150. The lowest BCUT2D eigenvalue weighted by Gasteiger charge is -2.13. The van der Waals surface area contributed by atoms with Crippen LogP contribution in [0, 0.1) is 5.82 Å². The van der Waals surface area contributed by atoms with E-state index in [2.05, 4.69) is 25.8 Å². The van der Waals surface area contributed by atoms with Gasteiger partial charge in [-0.2, -0.15) is 5.10 Å². The van der Waals surface area contributed by atoms with Crippen LogP contribution in [0.15, 0.2) is 42.7 Å². The summed E-state index contributed by atoms with van der Waals surface area (Å²) in [6.45, 7) is 1.67. The highest BCUT2D eigenvalue weighted by molar-refractivity contribution is 5.94. The average Bonchev–Trinajstić information content (AvgIpc) is 3.13. The number of nitrogens with zero attached hydrogens (tertiary/aromatic N) is 2. The van der Waals surface area contributed by atoms with E-state index in [4.69, 9.17) is 4.74 Å². The second-order valence-corrected chi connectivity index (χ2v) is 6.19. The Kier molecular flexibility index (Phi) is 7.95. The molecule has 1 aromatic carbocycles. The fourth-order valence-corrected chi connectivity index (χ4v) is 2.95. The van der Waals surface area contributed by atoms with Gasteiger partial charge in [-0.15, -0.1) is 24.8 Å². The van der Waals surface area contributed by atoms with E-state index in [0.717, 1.165) is 24.2 Å². The minimum absolute atomic E-state index is 0. The lowest BCUT2D eigenvalue weighted by Crippen LogP contribution is -2.28. The fourth-order valence-electron chi connectivity index (χ4n) is 2.95. The van der Waals surface area contributed by atoms with Gasteiger partial charge in [0.2, 0.25) is 0 Å². The number of amides is 1. The normalized spacial score (nSPS) is 12.2. The van der Waals surface area contributed by atoms with Gasteiger partial charge >= 0.3 is 0 Å². The molecule has 7 nitrogen and oxygen atoms in total. The molecule has 154 valence electrons. The summed E-state index contributed by atoms with van der Waals surface area (Å²) in [5.41, 5.74) is 2.89. The maximum Gasteiger partial charge on any atom is 0.272 e. The molecule has 3 aromatic rings. The van der Waals surface area contributed by atoms with Crippen LogP contribution >= 0.6 is 24.8 Å². The van der Waals surface area contributed by atoms with E-state index in [1.54, 1.807) is 24.4 Å². The Morgan fingerprint density at radius 1 is 1.28 bits per heavy atom. The maximum atomic E-state index is 14.3. The minimum Gasteiger partial charge on any atom is -0.453 e. The fraction of sp³-hybridized carbons (Fsp3) is 0.211. The van der Waals surface area contributed by atoms with Crippen molar-refractivity contribution in [3.8, 4) is 11.5 Å². The van der Waals surface area contributed by atoms with Crippen LogP contribution in [0.3, 0.4) is 0 Å². The lowest BCUT2D eigenvalue weighted by molar-refractivity contribution is 0.0944. The Morgan fingerprint density at radius 2 is 2.14 bits per heavy atom. The van der Waals surface area contributed by atoms with Crippen molar-refractivity contribution in [2.75, 3.05) is 6.54 Å². The molecule has 3 N–H and O–H groups in total. The van der Waals surface area contributed by atoms with Crippen molar-refractivity contribution in [3.05, 3.63) is 71.1 Å². The smallest absolute Gasteiger partial charge is 0.272 e. The Morgan fingerprint density at radius 3 is 2.90 bits per heavy atom. The first-order valence-corrected chi connectivity index (χ1v) is 8.62. The molecule has 29 heavy (non-hydrogen) atoms. The van der Waals surface area contributed by atoms with Gasteiger partial charge in [0.25, 0.3) is 5.91 Å². The number of hydrogen-bond donors (Lipinski definition) is 3. The minimum atomic E-state index is -0.507. The van der Waals surface area contributed by atoms with Crippen LogP contribution in [0.1, 0.15) is 27.3 Å². The van der Waals surface area contributed by atoms with E-state index in [1.165, 1.54) is 18.3 Å². The third-order valence-electron chi connectivity index (χ3n) is 4.33. The second kappa shape index (κ2) is 10.2. The standard InChI is InChI=1S/C19H18FN5O2.2ClH/c20-15-8-12(3-4-17(15)27-13-2-1-6-21-10-13)9-23-19(26)18-14-11-22-7-5-16(14)24-25-18;;/h1-4,6,8,10,22H,5,7,9,11H2,(H,23,26)(H,24,25);2*1H. The molecule has 0 bridgehead atoms. The average molecular weight is 440 g/mol. The number of aromatic nitrogens is 3. The summed E-state index contributed by atoms with van der Waals surface area (Å²) in [5.74, 6) is -0.237. The molecule has 2 aromatic heterocycles. The molecule has 0 fully saturated rings. The van der Waals surface area contributed by atoms with Crippen LogP contribution in [-0.4, -0.2) is 27.6 Å². The zero-order chi connectivity index (χ0) is 18.6. The number of hydrogen-bond acceptors (Lipinski definition) is 5. The summed E-state index contributed by atoms with van der Waals surface area (Å²) in [6.07, 6.45) is 3.94. The highest BCUT2D eigenvalue weighted by atomic mass is 35.5. The Hall–Kier alpha value is -2.68. The van der Waals surface area contributed by atoms with Crippen LogP contribution in [0.5, 0.6) is 11.5 Å². The lowest BCUT2D eigenvalue weighted by atomic mass is 10.1. The van der Waals surface area contributed by atoms with Gasteiger partial charge in [0.05, 0.1) is 6.20 Å². The van der Waals surface area contributed by atoms with Gasteiger partial charge in [0, 0.05) is 43.5 Å². The summed E-state index contributed by atoms with van der Waals surface area (Å²) >= 11 is 0. The highest BCUT2D eigenvalue weighted by Gasteiger charge is 2.21. The number of fused-ring (bicyclic) bond motifs is 1. The first-order chi connectivity index (χ1) is 13.2. The van der Waals surface area contributed by atoms with Gasteiger partial charge in [-0.25, -0.2) is 4.39 Å². The van der Waals surface area contributed by atoms with E-state index in [0.29, 0.717) is 23.6 Å². The van der Waals surface area contributed by atoms with E-state index in [-0.39, 0.29) is 43.0 Å². The number of ether oxygens (including phenoxy) is 1. The van der Waals surface area contributed by atoms with Crippen molar-refractivity contribution in [1.29, 1.82) is 0 Å². The third kappa shape index (κ3) is 5.23. The summed E-state index contributed by atoms with van der Waals surface area (Å²) in [5, 5.41) is 13.0. The molecular weight excluding hydrogens is 420 g/mol.